The Morgan fingerprint density at radius 1 is 1.50 bits per heavy atom. The third-order valence-corrected chi connectivity index (χ3v) is 4.34. The molecule has 0 radical (unpaired) electrons. The molecule has 1 fully saturated rings. The van der Waals surface area contributed by atoms with Crippen molar-refractivity contribution >= 4 is 22.4 Å². The normalized spacial score (nSPS) is 18.2. The van der Waals surface area contributed by atoms with Gasteiger partial charge in [-0.15, -0.1) is 11.3 Å². The molecular weight excluding hydrogens is 272 g/mol. The number of thiazole rings is 1. The molecule has 20 heavy (non-hydrogen) atoms. The van der Waals surface area contributed by atoms with E-state index < -0.39 is 0 Å². The van der Waals surface area contributed by atoms with Gasteiger partial charge in [0.25, 0.3) is 5.91 Å². The van der Waals surface area contributed by atoms with Gasteiger partial charge in [-0.25, -0.2) is 4.98 Å². The second kappa shape index (κ2) is 5.58. The monoisotopic (exact) mass is 288 g/mol. The van der Waals surface area contributed by atoms with Crippen molar-refractivity contribution in [1.29, 1.82) is 0 Å². The maximum atomic E-state index is 12.6. The fourth-order valence-electron chi connectivity index (χ4n) is 2.52. The molecule has 0 spiro atoms. The Bertz CT molecular complexity index is 598. The lowest BCUT2D eigenvalue weighted by Gasteiger charge is -2.23. The summed E-state index contributed by atoms with van der Waals surface area (Å²) in [5, 5.41) is 5.53. The van der Waals surface area contributed by atoms with Crippen LogP contribution in [0.3, 0.4) is 0 Å². The van der Waals surface area contributed by atoms with E-state index in [2.05, 4.69) is 15.3 Å². The van der Waals surface area contributed by atoms with Gasteiger partial charge in [-0.2, -0.15) is 0 Å². The molecule has 5 nitrogen and oxygen atoms in total. The van der Waals surface area contributed by atoms with Gasteiger partial charge in [0.15, 0.2) is 5.13 Å². The molecule has 0 unspecified atom stereocenters. The van der Waals surface area contributed by atoms with Crippen LogP contribution in [0.15, 0.2) is 29.8 Å². The second-order valence-corrected chi connectivity index (χ2v) is 5.56. The minimum absolute atomic E-state index is 0.00379. The van der Waals surface area contributed by atoms with Crippen LogP contribution in [0, 0.1) is 0 Å². The number of carbonyl (C=O) groups excluding carboxylic acids is 1. The van der Waals surface area contributed by atoms with Crippen molar-refractivity contribution < 1.29 is 4.79 Å². The van der Waals surface area contributed by atoms with Gasteiger partial charge < -0.3 is 10.2 Å². The van der Waals surface area contributed by atoms with Crippen molar-refractivity contribution in [3.05, 3.63) is 41.2 Å². The first-order valence-corrected chi connectivity index (χ1v) is 7.52. The molecule has 2 aromatic heterocycles. The number of amides is 1. The number of anilines is 1. The van der Waals surface area contributed by atoms with E-state index in [0.29, 0.717) is 5.69 Å². The van der Waals surface area contributed by atoms with Crippen molar-refractivity contribution in [2.75, 3.05) is 18.9 Å². The predicted molar refractivity (Wildman–Crippen MR) is 78.9 cm³/mol. The standard InChI is InChI=1S/C14H16N4OS/c1-15-14-17-11(9-20-14)13(19)18-8-4-6-12(18)10-5-2-3-7-16-10/h2-3,5,7,9,12H,4,6,8H2,1H3,(H,15,17)/t12-/m1/s1. The molecule has 0 bridgehead atoms. The highest BCUT2D eigenvalue weighted by atomic mass is 32.1. The quantitative estimate of drug-likeness (QED) is 0.943. The van der Waals surface area contributed by atoms with Crippen LogP contribution in [-0.2, 0) is 0 Å². The Hall–Kier alpha value is -1.95. The van der Waals surface area contributed by atoms with E-state index in [4.69, 9.17) is 0 Å². The van der Waals surface area contributed by atoms with E-state index in [1.807, 2.05) is 28.5 Å². The summed E-state index contributed by atoms with van der Waals surface area (Å²) in [6, 6.07) is 5.91. The van der Waals surface area contributed by atoms with Crippen LogP contribution in [0.5, 0.6) is 0 Å². The van der Waals surface area contributed by atoms with Gasteiger partial charge in [-0.1, -0.05) is 6.07 Å². The molecule has 1 N–H and O–H groups in total. The Morgan fingerprint density at radius 3 is 3.10 bits per heavy atom. The van der Waals surface area contributed by atoms with E-state index in [1.165, 1.54) is 11.3 Å². The highest BCUT2D eigenvalue weighted by Gasteiger charge is 2.32. The second-order valence-electron chi connectivity index (χ2n) is 4.70. The van der Waals surface area contributed by atoms with Gasteiger partial charge in [0.2, 0.25) is 0 Å². The Morgan fingerprint density at radius 2 is 2.40 bits per heavy atom. The molecule has 0 aromatic carbocycles. The number of nitrogens with one attached hydrogen (secondary N) is 1. The van der Waals surface area contributed by atoms with Gasteiger partial charge in [-0.05, 0) is 25.0 Å². The number of nitrogens with zero attached hydrogens (tertiary/aromatic N) is 3. The molecular formula is C14H16N4OS. The molecule has 1 aliphatic heterocycles. The van der Waals surface area contributed by atoms with Gasteiger partial charge in [0.05, 0.1) is 11.7 Å². The van der Waals surface area contributed by atoms with E-state index in [-0.39, 0.29) is 11.9 Å². The zero-order valence-corrected chi connectivity index (χ0v) is 12.1. The zero-order valence-electron chi connectivity index (χ0n) is 11.2. The molecule has 3 rings (SSSR count). The van der Waals surface area contributed by atoms with Crippen molar-refractivity contribution in [2.45, 2.75) is 18.9 Å². The summed E-state index contributed by atoms with van der Waals surface area (Å²) in [6.45, 7) is 0.770. The van der Waals surface area contributed by atoms with Crippen LogP contribution in [0.4, 0.5) is 5.13 Å². The van der Waals surface area contributed by atoms with E-state index >= 15 is 0 Å². The maximum Gasteiger partial charge on any atom is 0.273 e. The number of hydrogen-bond donors (Lipinski definition) is 1. The lowest BCUT2D eigenvalue weighted by Crippen LogP contribution is -2.31. The molecule has 6 heteroatoms. The average molecular weight is 288 g/mol. The summed E-state index contributed by atoms with van der Waals surface area (Å²) in [5.41, 5.74) is 1.48. The third-order valence-electron chi connectivity index (χ3n) is 3.48. The largest absolute Gasteiger partial charge is 0.365 e. The van der Waals surface area contributed by atoms with Crippen molar-refractivity contribution in [3.63, 3.8) is 0 Å². The van der Waals surface area contributed by atoms with Crippen LogP contribution in [-0.4, -0.2) is 34.4 Å². The fraction of sp³-hybridized carbons (Fsp3) is 0.357. The molecule has 0 saturated carbocycles. The minimum atomic E-state index is -0.00379. The summed E-state index contributed by atoms with van der Waals surface area (Å²) in [5.74, 6) is -0.00379. The Kier molecular flexibility index (Phi) is 3.64. The van der Waals surface area contributed by atoms with E-state index in [0.717, 1.165) is 30.2 Å². The first-order chi connectivity index (χ1) is 9.79. The number of likely N-dealkylation sites (tertiary alicyclic amines) is 1. The lowest BCUT2D eigenvalue weighted by atomic mass is 10.1. The van der Waals surface area contributed by atoms with Crippen LogP contribution in [0.25, 0.3) is 0 Å². The van der Waals surface area contributed by atoms with Crippen LogP contribution < -0.4 is 5.32 Å². The Balaban J connectivity index is 1.83. The molecule has 1 atom stereocenters. The minimum Gasteiger partial charge on any atom is -0.365 e. The molecule has 0 aliphatic carbocycles. The molecule has 1 aliphatic rings. The summed E-state index contributed by atoms with van der Waals surface area (Å²) >= 11 is 1.45. The smallest absolute Gasteiger partial charge is 0.273 e. The van der Waals surface area contributed by atoms with Gasteiger partial charge in [0, 0.05) is 25.2 Å². The number of rotatable bonds is 3. The topological polar surface area (TPSA) is 58.1 Å². The van der Waals surface area contributed by atoms with Gasteiger partial charge in [-0.3, -0.25) is 9.78 Å². The third kappa shape index (κ3) is 2.38. The molecule has 2 aromatic rings. The Labute approximate surface area is 121 Å². The SMILES string of the molecule is CNc1nc(C(=O)N2CCC[C@@H]2c2ccccn2)cs1. The summed E-state index contributed by atoms with van der Waals surface area (Å²) in [7, 11) is 1.81. The van der Waals surface area contributed by atoms with Crippen molar-refractivity contribution in [3.8, 4) is 0 Å². The highest BCUT2D eigenvalue weighted by Crippen LogP contribution is 2.32. The molecule has 3 heterocycles. The first kappa shape index (κ1) is 13.1. The van der Waals surface area contributed by atoms with E-state index in [9.17, 15) is 4.79 Å². The van der Waals surface area contributed by atoms with Crippen molar-refractivity contribution in [1.82, 2.24) is 14.9 Å². The number of pyridine rings is 1. The molecule has 1 saturated heterocycles. The lowest BCUT2D eigenvalue weighted by molar-refractivity contribution is 0.0728. The van der Waals surface area contributed by atoms with Crippen LogP contribution in [0.2, 0.25) is 0 Å². The van der Waals surface area contributed by atoms with E-state index in [1.54, 1.807) is 13.2 Å². The highest BCUT2D eigenvalue weighted by molar-refractivity contribution is 7.13. The summed E-state index contributed by atoms with van der Waals surface area (Å²) < 4.78 is 0. The average Bonchev–Trinajstić information content (AvgIpc) is 3.16. The molecule has 104 valence electrons. The number of aromatic nitrogens is 2. The van der Waals surface area contributed by atoms with Crippen LogP contribution >= 0.6 is 11.3 Å². The summed E-state index contributed by atoms with van der Waals surface area (Å²) in [4.78, 5) is 23.1. The van der Waals surface area contributed by atoms with Gasteiger partial charge >= 0.3 is 0 Å². The first-order valence-electron chi connectivity index (χ1n) is 6.65. The number of carbonyl (C=O) groups is 1. The summed E-state index contributed by atoms with van der Waals surface area (Å²) in [6.07, 6.45) is 3.75. The van der Waals surface area contributed by atoms with Crippen molar-refractivity contribution in [2.24, 2.45) is 0 Å². The molecule has 1 amide bonds. The zero-order chi connectivity index (χ0) is 13.9. The fourth-order valence-corrected chi connectivity index (χ4v) is 3.17. The van der Waals surface area contributed by atoms with Gasteiger partial charge in [0.1, 0.15) is 5.69 Å². The number of hydrogen-bond acceptors (Lipinski definition) is 5. The van der Waals surface area contributed by atoms with Crippen LogP contribution in [0.1, 0.15) is 35.1 Å². The maximum absolute atomic E-state index is 12.6. The predicted octanol–water partition coefficient (Wildman–Crippen LogP) is 2.56.